The molecule has 2 aromatic rings. The number of rotatable bonds is 4. The standard InChI is InChI=1S/C12H13N3OS/c1-9-8-17-12(14-9)15-13-7-10-5-3-4-6-11(10)16-2/h3-8H,1-2H3,(H,14,15)/b13-7-. The van der Waals surface area contributed by atoms with Crippen molar-refractivity contribution >= 4 is 22.7 Å². The minimum atomic E-state index is 0.786. The van der Waals surface area contributed by atoms with E-state index in [1.807, 2.05) is 36.6 Å². The van der Waals surface area contributed by atoms with Crippen molar-refractivity contribution in [3.8, 4) is 5.75 Å². The lowest BCUT2D eigenvalue weighted by Crippen LogP contribution is -1.93. The number of nitrogens with zero attached hydrogens (tertiary/aromatic N) is 2. The molecule has 0 aliphatic heterocycles. The fourth-order valence-electron chi connectivity index (χ4n) is 1.34. The first kappa shape index (κ1) is 11.6. The van der Waals surface area contributed by atoms with Gasteiger partial charge in [0.05, 0.1) is 19.0 Å². The number of aryl methyl sites for hydroxylation is 1. The number of aromatic nitrogens is 1. The zero-order valence-corrected chi connectivity index (χ0v) is 10.5. The van der Waals surface area contributed by atoms with Gasteiger partial charge in [0.15, 0.2) is 0 Å². The third-order valence-electron chi connectivity index (χ3n) is 2.12. The SMILES string of the molecule is COc1ccccc1/C=N\Nc1nc(C)cs1. The van der Waals surface area contributed by atoms with Crippen LogP contribution in [0.5, 0.6) is 5.75 Å². The van der Waals surface area contributed by atoms with E-state index in [9.17, 15) is 0 Å². The maximum atomic E-state index is 5.22. The Labute approximate surface area is 104 Å². The lowest BCUT2D eigenvalue weighted by molar-refractivity contribution is 0.414. The molecule has 0 radical (unpaired) electrons. The quantitative estimate of drug-likeness (QED) is 0.667. The summed E-state index contributed by atoms with van der Waals surface area (Å²) in [5.41, 5.74) is 4.80. The van der Waals surface area contributed by atoms with Gasteiger partial charge >= 0.3 is 0 Å². The van der Waals surface area contributed by atoms with Crippen LogP contribution < -0.4 is 10.2 Å². The van der Waals surface area contributed by atoms with Crippen LogP contribution in [-0.2, 0) is 0 Å². The van der Waals surface area contributed by atoms with Gasteiger partial charge in [0.2, 0.25) is 5.13 Å². The molecule has 1 aromatic heterocycles. The van der Waals surface area contributed by atoms with Crippen molar-refractivity contribution in [1.82, 2.24) is 4.98 Å². The van der Waals surface area contributed by atoms with E-state index in [0.29, 0.717) is 0 Å². The minimum absolute atomic E-state index is 0.786. The highest BCUT2D eigenvalue weighted by molar-refractivity contribution is 7.13. The lowest BCUT2D eigenvalue weighted by atomic mass is 10.2. The first-order valence-electron chi connectivity index (χ1n) is 5.14. The van der Waals surface area contributed by atoms with Gasteiger partial charge in [-0.25, -0.2) is 4.98 Å². The fraction of sp³-hybridized carbons (Fsp3) is 0.167. The molecule has 0 saturated heterocycles. The molecule has 0 aliphatic rings. The number of hydrogen-bond donors (Lipinski definition) is 1. The predicted molar refractivity (Wildman–Crippen MR) is 71.1 cm³/mol. The Hall–Kier alpha value is -1.88. The van der Waals surface area contributed by atoms with Gasteiger partial charge in [-0.05, 0) is 19.1 Å². The van der Waals surface area contributed by atoms with Gasteiger partial charge < -0.3 is 4.74 Å². The molecule has 0 amide bonds. The summed E-state index contributed by atoms with van der Waals surface area (Å²) in [6.07, 6.45) is 1.72. The first-order chi connectivity index (χ1) is 8.29. The third-order valence-corrected chi connectivity index (χ3v) is 2.99. The van der Waals surface area contributed by atoms with Gasteiger partial charge in [0.1, 0.15) is 5.75 Å². The number of para-hydroxylation sites is 1. The summed E-state index contributed by atoms with van der Waals surface area (Å²) in [5, 5.41) is 6.89. The molecule has 0 spiro atoms. The monoisotopic (exact) mass is 247 g/mol. The molecule has 0 fully saturated rings. The summed E-state index contributed by atoms with van der Waals surface area (Å²) in [7, 11) is 1.64. The van der Waals surface area contributed by atoms with Gasteiger partial charge in [0, 0.05) is 10.9 Å². The van der Waals surface area contributed by atoms with Crippen molar-refractivity contribution in [2.24, 2.45) is 5.10 Å². The molecule has 2 rings (SSSR count). The van der Waals surface area contributed by atoms with E-state index in [1.54, 1.807) is 13.3 Å². The second kappa shape index (κ2) is 5.45. The minimum Gasteiger partial charge on any atom is -0.496 e. The summed E-state index contributed by atoms with van der Waals surface area (Å²) < 4.78 is 5.22. The summed E-state index contributed by atoms with van der Waals surface area (Å²) in [4.78, 5) is 4.25. The number of anilines is 1. The zero-order chi connectivity index (χ0) is 12.1. The van der Waals surface area contributed by atoms with E-state index < -0.39 is 0 Å². The Morgan fingerprint density at radius 1 is 1.41 bits per heavy atom. The number of benzene rings is 1. The molecule has 5 heteroatoms. The molecule has 17 heavy (non-hydrogen) atoms. The fourth-order valence-corrected chi connectivity index (χ4v) is 1.97. The zero-order valence-electron chi connectivity index (χ0n) is 9.68. The largest absolute Gasteiger partial charge is 0.496 e. The van der Waals surface area contributed by atoms with Crippen LogP contribution in [0.25, 0.3) is 0 Å². The first-order valence-corrected chi connectivity index (χ1v) is 6.02. The lowest BCUT2D eigenvalue weighted by Gasteiger charge is -2.02. The highest BCUT2D eigenvalue weighted by atomic mass is 32.1. The molecule has 1 aromatic carbocycles. The average Bonchev–Trinajstić information content (AvgIpc) is 2.76. The van der Waals surface area contributed by atoms with E-state index >= 15 is 0 Å². The van der Waals surface area contributed by atoms with E-state index in [4.69, 9.17) is 4.74 Å². The summed E-state index contributed by atoms with van der Waals surface area (Å²) in [6.45, 7) is 1.95. The highest BCUT2D eigenvalue weighted by Crippen LogP contribution is 2.16. The molecule has 0 atom stereocenters. The normalized spacial score (nSPS) is 10.7. The predicted octanol–water partition coefficient (Wildman–Crippen LogP) is 2.91. The molecule has 1 heterocycles. The van der Waals surface area contributed by atoms with Crippen LogP contribution in [0, 0.1) is 6.92 Å². The Kier molecular flexibility index (Phi) is 3.72. The van der Waals surface area contributed by atoms with E-state index in [1.165, 1.54) is 11.3 Å². The summed E-state index contributed by atoms with van der Waals surface area (Å²) in [6, 6.07) is 7.71. The van der Waals surface area contributed by atoms with E-state index in [0.717, 1.165) is 22.1 Å². The van der Waals surface area contributed by atoms with Crippen molar-refractivity contribution in [2.75, 3.05) is 12.5 Å². The maximum Gasteiger partial charge on any atom is 0.203 e. The van der Waals surface area contributed by atoms with Crippen LogP contribution in [-0.4, -0.2) is 18.3 Å². The number of thiazole rings is 1. The van der Waals surface area contributed by atoms with Crippen LogP contribution in [0.1, 0.15) is 11.3 Å². The van der Waals surface area contributed by atoms with Gasteiger partial charge in [-0.3, -0.25) is 5.43 Å². The van der Waals surface area contributed by atoms with E-state index in [-0.39, 0.29) is 0 Å². The van der Waals surface area contributed by atoms with Crippen molar-refractivity contribution in [3.05, 3.63) is 40.9 Å². The molecule has 0 saturated carbocycles. The molecule has 0 aliphatic carbocycles. The van der Waals surface area contributed by atoms with Gasteiger partial charge in [-0.2, -0.15) is 5.10 Å². The number of ether oxygens (including phenoxy) is 1. The number of hydrogen-bond acceptors (Lipinski definition) is 5. The van der Waals surface area contributed by atoms with Crippen LogP contribution >= 0.6 is 11.3 Å². The topological polar surface area (TPSA) is 46.5 Å². The van der Waals surface area contributed by atoms with Crippen LogP contribution in [0.3, 0.4) is 0 Å². The molecule has 4 nitrogen and oxygen atoms in total. The second-order valence-corrected chi connectivity index (χ2v) is 4.26. The van der Waals surface area contributed by atoms with Crippen LogP contribution in [0.15, 0.2) is 34.7 Å². The number of methoxy groups -OCH3 is 1. The molecular formula is C12H13N3OS. The smallest absolute Gasteiger partial charge is 0.203 e. The Morgan fingerprint density at radius 3 is 2.94 bits per heavy atom. The highest BCUT2D eigenvalue weighted by Gasteiger charge is 1.98. The van der Waals surface area contributed by atoms with Crippen molar-refractivity contribution in [3.63, 3.8) is 0 Å². The Morgan fingerprint density at radius 2 is 2.24 bits per heavy atom. The summed E-state index contributed by atoms with van der Waals surface area (Å²) >= 11 is 1.53. The second-order valence-electron chi connectivity index (χ2n) is 3.41. The number of hydrazone groups is 1. The molecule has 0 unspecified atom stereocenters. The van der Waals surface area contributed by atoms with Crippen molar-refractivity contribution in [2.45, 2.75) is 6.92 Å². The van der Waals surface area contributed by atoms with Crippen LogP contribution in [0.4, 0.5) is 5.13 Å². The molecule has 1 N–H and O–H groups in total. The third kappa shape index (κ3) is 3.04. The number of nitrogens with one attached hydrogen (secondary N) is 1. The maximum absolute atomic E-state index is 5.22. The van der Waals surface area contributed by atoms with Crippen molar-refractivity contribution in [1.29, 1.82) is 0 Å². The van der Waals surface area contributed by atoms with E-state index in [2.05, 4.69) is 15.5 Å². The Balaban J connectivity index is 2.05. The molecule has 0 bridgehead atoms. The average molecular weight is 247 g/mol. The van der Waals surface area contributed by atoms with Crippen LogP contribution in [0.2, 0.25) is 0 Å². The molecular weight excluding hydrogens is 234 g/mol. The Bertz CT molecular complexity index is 522. The van der Waals surface area contributed by atoms with Gasteiger partial charge in [-0.15, -0.1) is 11.3 Å². The molecule has 88 valence electrons. The van der Waals surface area contributed by atoms with Gasteiger partial charge in [-0.1, -0.05) is 12.1 Å². The summed E-state index contributed by atoms with van der Waals surface area (Å²) in [5.74, 6) is 0.799. The van der Waals surface area contributed by atoms with Crippen molar-refractivity contribution < 1.29 is 4.74 Å². The van der Waals surface area contributed by atoms with Gasteiger partial charge in [0.25, 0.3) is 0 Å².